The van der Waals surface area contributed by atoms with Crippen molar-refractivity contribution in [3.63, 3.8) is 0 Å². The van der Waals surface area contributed by atoms with Crippen LogP contribution >= 0.6 is 0 Å². The molecule has 0 spiro atoms. The van der Waals surface area contributed by atoms with Crippen LogP contribution in [0.25, 0.3) is 10.8 Å². The van der Waals surface area contributed by atoms with Gasteiger partial charge in [0.15, 0.2) is 5.60 Å². The number of rotatable bonds is 7. The number of ketones is 1. The number of nitrogens with zero attached hydrogens (tertiary/aromatic N) is 1. The van der Waals surface area contributed by atoms with Crippen LogP contribution in [0.3, 0.4) is 0 Å². The molecule has 1 unspecified atom stereocenters. The molecule has 1 aliphatic rings. The van der Waals surface area contributed by atoms with E-state index < -0.39 is 11.5 Å². The van der Waals surface area contributed by atoms with E-state index in [1.807, 2.05) is 55.5 Å². The van der Waals surface area contributed by atoms with Gasteiger partial charge < -0.3 is 14.7 Å². The third-order valence-corrected chi connectivity index (χ3v) is 5.51. The second kappa shape index (κ2) is 7.92. The molecule has 3 aromatic carbocycles. The summed E-state index contributed by atoms with van der Waals surface area (Å²) < 4.78 is 5.88. The zero-order chi connectivity index (χ0) is 21.3. The quantitative estimate of drug-likeness (QED) is 0.603. The van der Waals surface area contributed by atoms with E-state index in [0.717, 1.165) is 22.1 Å². The zero-order valence-corrected chi connectivity index (χ0v) is 17.2. The van der Waals surface area contributed by atoms with E-state index in [2.05, 4.69) is 6.07 Å². The first kappa shape index (κ1) is 20.1. The van der Waals surface area contributed by atoms with Crippen LogP contribution in [0.2, 0.25) is 0 Å². The van der Waals surface area contributed by atoms with E-state index in [4.69, 9.17) is 4.74 Å². The van der Waals surface area contributed by atoms with Gasteiger partial charge in [-0.1, -0.05) is 48.0 Å². The molecular weight excluding hydrogens is 378 g/mol. The maximum atomic E-state index is 13.0. The molecule has 1 amide bonds. The molecular formula is C25H25NO4. The average molecular weight is 403 g/mol. The summed E-state index contributed by atoms with van der Waals surface area (Å²) in [5.74, 6) is 0.120. The van der Waals surface area contributed by atoms with Gasteiger partial charge in [-0.05, 0) is 49.2 Å². The van der Waals surface area contributed by atoms with Gasteiger partial charge in [0.2, 0.25) is 0 Å². The number of ether oxygens (including phenoxy) is 1. The number of aryl methyl sites for hydroxylation is 1. The Bertz CT molecular complexity index is 1120. The van der Waals surface area contributed by atoms with Crippen molar-refractivity contribution in [3.05, 3.63) is 71.8 Å². The molecule has 1 aliphatic heterocycles. The molecule has 1 heterocycles. The van der Waals surface area contributed by atoms with E-state index >= 15 is 0 Å². The average Bonchev–Trinajstić information content (AvgIpc) is 2.91. The highest BCUT2D eigenvalue weighted by Gasteiger charge is 2.50. The number of carbonyl (C=O) groups is 2. The lowest BCUT2D eigenvalue weighted by molar-refractivity contribution is -0.141. The number of benzene rings is 3. The van der Waals surface area contributed by atoms with Crippen LogP contribution < -0.4 is 9.64 Å². The minimum absolute atomic E-state index is 0.216. The number of fused-ring (bicyclic) bond motifs is 2. The maximum absolute atomic E-state index is 13.0. The second-order valence-electron chi connectivity index (χ2n) is 7.93. The number of hydrogen-bond donors (Lipinski definition) is 1. The lowest BCUT2D eigenvalue weighted by Crippen LogP contribution is -2.42. The van der Waals surface area contributed by atoms with Crippen LogP contribution in [0.4, 0.5) is 5.69 Å². The third kappa shape index (κ3) is 3.68. The number of hydrogen-bond acceptors (Lipinski definition) is 4. The molecule has 0 aromatic heterocycles. The topological polar surface area (TPSA) is 66.8 Å². The van der Waals surface area contributed by atoms with Gasteiger partial charge in [-0.2, -0.15) is 0 Å². The van der Waals surface area contributed by atoms with E-state index in [1.165, 1.54) is 6.92 Å². The van der Waals surface area contributed by atoms with Crippen molar-refractivity contribution in [1.82, 2.24) is 0 Å². The molecule has 0 saturated heterocycles. The highest BCUT2D eigenvalue weighted by molar-refractivity contribution is 6.08. The van der Waals surface area contributed by atoms with Crippen LogP contribution in [-0.4, -0.2) is 29.9 Å². The Balaban J connectivity index is 1.45. The Hall–Kier alpha value is -3.18. The predicted molar refractivity (Wildman–Crippen MR) is 117 cm³/mol. The fraction of sp³-hybridized carbons (Fsp3) is 0.280. The zero-order valence-electron chi connectivity index (χ0n) is 17.2. The smallest absolute Gasteiger partial charge is 0.264 e. The van der Waals surface area contributed by atoms with Crippen LogP contribution in [0, 0.1) is 6.92 Å². The fourth-order valence-electron chi connectivity index (χ4n) is 4.09. The van der Waals surface area contributed by atoms with Gasteiger partial charge in [-0.3, -0.25) is 9.59 Å². The molecule has 30 heavy (non-hydrogen) atoms. The largest absolute Gasteiger partial charge is 0.494 e. The molecule has 0 fully saturated rings. The number of anilines is 1. The van der Waals surface area contributed by atoms with E-state index in [1.54, 1.807) is 11.0 Å². The van der Waals surface area contributed by atoms with Gasteiger partial charge in [-0.15, -0.1) is 0 Å². The van der Waals surface area contributed by atoms with Crippen molar-refractivity contribution in [2.45, 2.75) is 32.3 Å². The van der Waals surface area contributed by atoms with Crippen molar-refractivity contribution >= 4 is 28.2 Å². The third-order valence-electron chi connectivity index (χ3n) is 5.51. The summed E-state index contributed by atoms with van der Waals surface area (Å²) in [6, 6.07) is 19.6. The van der Waals surface area contributed by atoms with E-state index in [0.29, 0.717) is 30.8 Å². The molecule has 5 nitrogen and oxygen atoms in total. The summed E-state index contributed by atoms with van der Waals surface area (Å²) in [5.41, 5.74) is 0.329. The van der Waals surface area contributed by atoms with Crippen LogP contribution in [0.15, 0.2) is 60.7 Å². The summed E-state index contributed by atoms with van der Waals surface area (Å²) in [4.78, 5) is 26.3. The van der Waals surface area contributed by atoms with Crippen molar-refractivity contribution in [2.24, 2.45) is 0 Å². The van der Waals surface area contributed by atoms with E-state index in [9.17, 15) is 14.7 Å². The van der Waals surface area contributed by atoms with Gasteiger partial charge in [0, 0.05) is 18.5 Å². The standard InChI is InChI=1S/C25H25NO4/c1-17-8-11-23-22(14-17)25(29,16-18(2)27)24(28)26(23)12-5-13-30-21-10-9-19-6-3-4-7-20(19)15-21/h3-4,6-11,14-15,29H,5,12-13,16H2,1-2H3. The van der Waals surface area contributed by atoms with Gasteiger partial charge >= 0.3 is 0 Å². The van der Waals surface area contributed by atoms with Crippen LogP contribution in [0.5, 0.6) is 5.75 Å². The summed E-state index contributed by atoms with van der Waals surface area (Å²) in [5, 5.41) is 13.3. The second-order valence-corrected chi connectivity index (χ2v) is 7.93. The number of amides is 1. The molecule has 4 rings (SSSR count). The lowest BCUT2D eigenvalue weighted by Gasteiger charge is -2.22. The van der Waals surface area contributed by atoms with Crippen molar-refractivity contribution in [3.8, 4) is 5.75 Å². The van der Waals surface area contributed by atoms with Crippen molar-refractivity contribution in [1.29, 1.82) is 0 Å². The molecule has 5 heteroatoms. The number of carbonyl (C=O) groups excluding carboxylic acids is 2. The Morgan fingerprint density at radius 2 is 1.83 bits per heavy atom. The first-order valence-corrected chi connectivity index (χ1v) is 10.1. The summed E-state index contributed by atoms with van der Waals surface area (Å²) in [6.07, 6.45) is 0.383. The Kier molecular flexibility index (Phi) is 5.31. The van der Waals surface area contributed by atoms with Gasteiger partial charge in [0.1, 0.15) is 11.5 Å². The van der Waals surface area contributed by atoms with Crippen molar-refractivity contribution in [2.75, 3.05) is 18.1 Å². The minimum atomic E-state index is -1.79. The lowest BCUT2D eigenvalue weighted by atomic mass is 9.89. The molecule has 0 bridgehead atoms. The highest BCUT2D eigenvalue weighted by Crippen LogP contribution is 2.43. The SMILES string of the molecule is CC(=O)CC1(O)C(=O)N(CCCOc2ccc3ccccc3c2)c2ccc(C)cc21. The summed E-state index contributed by atoms with van der Waals surface area (Å²) in [7, 11) is 0. The molecule has 1 atom stereocenters. The number of aliphatic hydroxyl groups is 1. The Labute approximate surface area is 175 Å². The Morgan fingerprint density at radius 3 is 2.60 bits per heavy atom. The van der Waals surface area contributed by atoms with Gasteiger partial charge in [0.05, 0.1) is 12.3 Å². The minimum Gasteiger partial charge on any atom is -0.494 e. The van der Waals surface area contributed by atoms with Crippen molar-refractivity contribution < 1.29 is 19.4 Å². The highest BCUT2D eigenvalue weighted by atomic mass is 16.5. The normalized spacial score (nSPS) is 18.0. The van der Waals surface area contributed by atoms with E-state index in [-0.39, 0.29) is 12.2 Å². The first-order valence-electron chi connectivity index (χ1n) is 10.1. The Morgan fingerprint density at radius 1 is 1.07 bits per heavy atom. The molecule has 0 saturated carbocycles. The summed E-state index contributed by atoms with van der Waals surface area (Å²) in [6.45, 7) is 4.14. The van der Waals surface area contributed by atoms with Crippen LogP contribution in [0.1, 0.15) is 30.9 Å². The fourth-order valence-corrected chi connectivity index (χ4v) is 4.09. The first-order chi connectivity index (χ1) is 14.4. The monoisotopic (exact) mass is 403 g/mol. The molecule has 0 radical (unpaired) electrons. The van der Waals surface area contributed by atoms with Gasteiger partial charge in [0.25, 0.3) is 5.91 Å². The van der Waals surface area contributed by atoms with Crippen LogP contribution in [-0.2, 0) is 15.2 Å². The molecule has 3 aromatic rings. The predicted octanol–water partition coefficient (Wildman–Crippen LogP) is 4.13. The number of Topliss-reactive ketones (excluding diaryl/α,β-unsaturated/α-hetero) is 1. The van der Waals surface area contributed by atoms with Gasteiger partial charge in [-0.25, -0.2) is 0 Å². The summed E-state index contributed by atoms with van der Waals surface area (Å²) >= 11 is 0. The molecule has 154 valence electrons. The molecule has 1 N–H and O–H groups in total. The molecule has 0 aliphatic carbocycles. The maximum Gasteiger partial charge on any atom is 0.264 e.